The first-order valence-electron chi connectivity index (χ1n) is 5.82. The lowest BCUT2D eigenvalue weighted by molar-refractivity contribution is 0.102. The predicted molar refractivity (Wildman–Crippen MR) is 76.5 cm³/mol. The van der Waals surface area contributed by atoms with E-state index >= 15 is 0 Å². The van der Waals surface area contributed by atoms with Gasteiger partial charge < -0.3 is 5.32 Å². The Hall–Kier alpha value is -2.27. The Morgan fingerprint density at radius 3 is 2.89 bits per heavy atom. The number of aryl methyl sites for hydroxylation is 1. The van der Waals surface area contributed by atoms with Gasteiger partial charge in [0.15, 0.2) is 5.01 Å². The van der Waals surface area contributed by atoms with Crippen LogP contribution >= 0.6 is 11.3 Å². The van der Waals surface area contributed by atoms with Gasteiger partial charge in [-0.3, -0.25) is 4.79 Å². The van der Waals surface area contributed by atoms with E-state index in [2.05, 4.69) is 15.3 Å². The summed E-state index contributed by atoms with van der Waals surface area (Å²) in [6.45, 7) is 1.95. The monoisotopic (exact) mass is 269 g/mol. The number of hydrogen-bond donors (Lipinski definition) is 1. The van der Waals surface area contributed by atoms with Gasteiger partial charge in [0.2, 0.25) is 0 Å². The molecular weight excluding hydrogens is 258 g/mol. The average Bonchev–Trinajstić information content (AvgIpc) is 2.82. The van der Waals surface area contributed by atoms with Crippen molar-refractivity contribution in [1.29, 1.82) is 0 Å². The fraction of sp³-hybridized carbons (Fsp3) is 0.0714. The molecule has 0 saturated heterocycles. The zero-order valence-electron chi connectivity index (χ0n) is 10.3. The molecule has 0 aliphatic heterocycles. The molecule has 0 bridgehead atoms. The Kier molecular flexibility index (Phi) is 2.97. The molecule has 3 rings (SSSR count). The summed E-state index contributed by atoms with van der Waals surface area (Å²) >= 11 is 1.38. The van der Waals surface area contributed by atoms with Gasteiger partial charge in [-0.1, -0.05) is 12.1 Å². The number of aromatic nitrogens is 2. The van der Waals surface area contributed by atoms with Crippen molar-refractivity contribution in [3.05, 3.63) is 53.2 Å². The van der Waals surface area contributed by atoms with Crippen LogP contribution in [0.5, 0.6) is 0 Å². The van der Waals surface area contributed by atoms with Crippen LogP contribution in [0.3, 0.4) is 0 Å². The SMILES string of the molecule is Cc1ccnc(NC(=O)c2nc3ccccc3s2)c1. The molecule has 0 aliphatic carbocycles. The number of fused-ring (bicyclic) bond motifs is 1. The lowest BCUT2D eigenvalue weighted by Gasteiger charge is -2.02. The number of rotatable bonds is 2. The Balaban J connectivity index is 1.87. The fourth-order valence-corrected chi connectivity index (χ4v) is 2.60. The van der Waals surface area contributed by atoms with Crippen molar-refractivity contribution >= 4 is 33.3 Å². The summed E-state index contributed by atoms with van der Waals surface area (Å²) in [7, 11) is 0. The van der Waals surface area contributed by atoms with Gasteiger partial charge in [-0.05, 0) is 36.8 Å². The van der Waals surface area contributed by atoms with E-state index in [0.717, 1.165) is 15.8 Å². The van der Waals surface area contributed by atoms with Crippen LogP contribution in [0, 0.1) is 6.92 Å². The maximum Gasteiger partial charge on any atom is 0.285 e. The van der Waals surface area contributed by atoms with E-state index in [0.29, 0.717) is 10.8 Å². The van der Waals surface area contributed by atoms with Gasteiger partial charge in [0.25, 0.3) is 5.91 Å². The summed E-state index contributed by atoms with van der Waals surface area (Å²) < 4.78 is 1.00. The van der Waals surface area contributed by atoms with E-state index < -0.39 is 0 Å². The first-order chi connectivity index (χ1) is 9.22. The smallest absolute Gasteiger partial charge is 0.285 e. The summed E-state index contributed by atoms with van der Waals surface area (Å²) in [6, 6.07) is 11.4. The number of amides is 1. The Bertz CT molecular complexity index is 718. The fourth-order valence-electron chi connectivity index (χ4n) is 1.74. The van der Waals surface area contributed by atoms with Crippen molar-refractivity contribution in [3.8, 4) is 0 Å². The van der Waals surface area contributed by atoms with Gasteiger partial charge in [0, 0.05) is 6.20 Å². The van der Waals surface area contributed by atoms with Crippen LogP contribution in [-0.2, 0) is 0 Å². The summed E-state index contributed by atoms with van der Waals surface area (Å²) in [5.41, 5.74) is 1.89. The van der Waals surface area contributed by atoms with Gasteiger partial charge in [-0.2, -0.15) is 0 Å². The number of benzene rings is 1. The molecule has 0 unspecified atom stereocenters. The molecule has 3 aromatic rings. The van der Waals surface area contributed by atoms with Crippen molar-refractivity contribution in [3.63, 3.8) is 0 Å². The Morgan fingerprint density at radius 1 is 1.26 bits per heavy atom. The minimum Gasteiger partial charge on any atom is -0.304 e. The molecule has 2 aromatic heterocycles. The number of anilines is 1. The molecule has 4 nitrogen and oxygen atoms in total. The third-order valence-electron chi connectivity index (χ3n) is 2.65. The van der Waals surface area contributed by atoms with E-state index in [-0.39, 0.29) is 5.91 Å². The molecule has 0 spiro atoms. The van der Waals surface area contributed by atoms with Crippen molar-refractivity contribution in [2.45, 2.75) is 6.92 Å². The number of carbonyl (C=O) groups is 1. The van der Waals surface area contributed by atoms with E-state index in [9.17, 15) is 4.79 Å². The molecule has 5 heteroatoms. The molecule has 0 saturated carbocycles. The van der Waals surface area contributed by atoms with E-state index in [1.165, 1.54) is 11.3 Å². The molecule has 1 N–H and O–H groups in total. The zero-order valence-corrected chi connectivity index (χ0v) is 11.1. The number of carbonyl (C=O) groups excluding carboxylic acids is 1. The average molecular weight is 269 g/mol. The van der Waals surface area contributed by atoms with E-state index in [1.807, 2.05) is 43.3 Å². The van der Waals surface area contributed by atoms with Crippen molar-refractivity contribution < 1.29 is 4.79 Å². The second kappa shape index (κ2) is 4.78. The molecule has 2 heterocycles. The third kappa shape index (κ3) is 2.46. The molecule has 19 heavy (non-hydrogen) atoms. The number of hydrogen-bond acceptors (Lipinski definition) is 4. The molecule has 94 valence electrons. The normalized spacial score (nSPS) is 10.6. The summed E-state index contributed by atoms with van der Waals surface area (Å²) in [5.74, 6) is 0.323. The van der Waals surface area contributed by atoms with Crippen molar-refractivity contribution in [2.75, 3.05) is 5.32 Å². The van der Waals surface area contributed by atoms with Crippen LogP contribution < -0.4 is 5.32 Å². The first kappa shape index (κ1) is 11.8. The lowest BCUT2D eigenvalue weighted by Crippen LogP contribution is -2.12. The lowest BCUT2D eigenvalue weighted by atomic mass is 10.3. The molecule has 1 amide bonds. The zero-order chi connectivity index (χ0) is 13.2. The van der Waals surface area contributed by atoms with Gasteiger partial charge in [0.05, 0.1) is 10.2 Å². The van der Waals surface area contributed by atoms with Crippen molar-refractivity contribution in [2.24, 2.45) is 0 Å². The second-order valence-corrected chi connectivity index (χ2v) is 5.19. The number of pyridine rings is 1. The Labute approximate surface area is 114 Å². The number of thiazole rings is 1. The number of para-hydroxylation sites is 1. The van der Waals surface area contributed by atoms with Crippen LogP contribution in [0.2, 0.25) is 0 Å². The molecule has 0 radical (unpaired) electrons. The third-order valence-corrected chi connectivity index (χ3v) is 3.68. The highest BCUT2D eigenvalue weighted by atomic mass is 32.1. The molecule has 0 aliphatic rings. The highest BCUT2D eigenvalue weighted by Crippen LogP contribution is 2.22. The molecule has 0 atom stereocenters. The van der Waals surface area contributed by atoms with E-state index in [4.69, 9.17) is 0 Å². The Morgan fingerprint density at radius 2 is 2.11 bits per heavy atom. The summed E-state index contributed by atoms with van der Waals surface area (Å²) in [4.78, 5) is 20.5. The number of nitrogens with zero attached hydrogens (tertiary/aromatic N) is 2. The van der Waals surface area contributed by atoms with Gasteiger partial charge >= 0.3 is 0 Å². The van der Waals surface area contributed by atoms with Gasteiger partial charge in [0.1, 0.15) is 5.82 Å². The number of nitrogens with one attached hydrogen (secondary N) is 1. The predicted octanol–water partition coefficient (Wildman–Crippen LogP) is 3.25. The highest BCUT2D eigenvalue weighted by Gasteiger charge is 2.12. The molecule has 0 fully saturated rings. The van der Waals surface area contributed by atoms with Crippen LogP contribution in [0.15, 0.2) is 42.6 Å². The van der Waals surface area contributed by atoms with Crippen molar-refractivity contribution in [1.82, 2.24) is 9.97 Å². The van der Waals surface area contributed by atoms with Crippen LogP contribution in [0.4, 0.5) is 5.82 Å². The second-order valence-electron chi connectivity index (χ2n) is 4.16. The van der Waals surface area contributed by atoms with Crippen LogP contribution in [0.25, 0.3) is 10.2 Å². The maximum absolute atomic E-state index is 12.1. The summed E-state index contributed by atoms with van der Waals surface area (Å²) in [5, 5.41) is 3.21. The standard InChI is InChI=1S/C14H11N3OS/c1-9-6-7-15-12(8-9)17-13(18)14-16-10-4-2-3-5-11(10)19-14/h2-8H,1H3,(H,15,17,18). The maximum atomic E-state index is 12.1. The van der Waals surface area contributed by atoms with Crippen LogP contribution in [0.1, 0.15) is 15.4 Å². The minimum absolute atomic E-state index is 0.223. The van der Waals surface area contributed by atoms with Gasteiger partial charge in [-0.15, -0.1) is 11.3 Å². The first-order valence-corrected chi connectivity index (χ1v) is 6.63. The topological polar surface area (TPSA) is 54.9 Å². The highest BCUT2D eigenvalue weighted by molar-refractivity contribution is 7.20. The minimum atomic E-state index is -0.223. The quantitative estimate of drug-likeness (QED) is 0.777. The molecule has 1 aromatic carbocycles. The van der Waals surface area contributed by atoms with Gasteiger partial charge in [-0.25, -0.2) is 9.97 Å². The van der Waals surface area contributed by atoms with Crippen LogP contribution in [-0.4, -0.2) is 15.9 Å². The van der Waals surface area contributed by atoms with E-state index in [1.54, 1.807) is 6.20 Å². The largest absolute Gasteiger partial charge is 0.304 e. The molecular formula is C14H11N3OS. The summed E-state index contributed by atoms with van der Waals surface area (Å²) in [6.07, 6.45) is 1.67.